The number of rotatable bonds is 3. The van der Waals surface area contributed by atoms with Crippen LogP contribution >= 0.6 is 0 Å². The van der Waals surface area contributed by atoms with Gasteiger partial charge in [-0.2, -0.15) is 0 Å². The van der Waals surface area contributed by atoms with Crippen LogP contribution in [0.25, 0.3) is 0 Å². The van der Waals surface area contributed by atoms with Crippen molar-refractivity contribution < 1.29 is 14.7 Å². The molecule has 1 aromatic carbocycles. The van der Waals surface area contributed by atoms with Crippen LogP contribution in [0.3, 0.4) is 0 Å². The van der Waals surface area contributed by atoms with Crippen molar-refractivity contribution in [3.05, 3.63) is 59.4 Å². The Morgan fingerprint density at radius 3 is 2.47 bits per heavy atom. The first-order chi connectivity index (χ1) is 9.08. The van der Waals surface area contributed by atoms with E-state index in [0.717, 1.165) is 11.8 Å². The number of aromatic carboxylic acids is 1. The van der Waals surface area contributed by atoms with Gasteiger partial charge in [0.2, 0.25) is 0 Å². The van der Waals surface area contributed by atoms with Crippen molar-refractivity contribution in [3.8, 4) is 0 Å². The zero-order valence-electron chi connectivity index (χ0n) is 10.3. The molecular weight excluding hydrogens is 244 g/mol. The molecule has 0 unspecified atom stereocenters. The van der Waals surface area contributed by atoms with Crippen LogP contribution in [0.2, 0.25) is 0 Å². The molecule has 0 saturated carbocycles. The van der Waals surface area contributed by atoms with E-state index in [1.54, 1.807) is 6.07 Å². The molecule has 0 aliphatic heterocycles. The maximum absolute atomic E-state index is 11.9. The summed E-state index contributed by atoms with van der Waals surface area (Å²) in [4.78, 5) is 26.4. The molecule has 5 heteroatoms. The molecule has 2 N–H and O–H groups in total. The van der Waals surface area contributed by atoms with Crippen molar-refractivity contribution in [2.75, 3.05) is 5.32 Å². The highest BCUT2D eigenvalue weighted by atomic mass is 16.4. The second kappa shape index (κ2) is 5.30. The largest absolute Gasteiger partial charge is 0.478 e. The molecule has 0 aliphatic carbocycles. The SMILES string of the molecule is Cc1ccccc1NC(=O)c1ccc(C(=O)O)cn1. The van der Waals surface area contributed by atoms with Gasteiger partial charge in [0.15, 0.2) is 0 Å². The highest BCUT2D eigenvalue weighted by molar-refractivity contribution is 6.03. The number of nitrogens with one attached hydrogen (secondary N) is 1. The van der Waals surface area contributed by atoms with Gasteiger partial charge in [-0.05, 0) is 30.7 Å². The zero-order chi connectivity index (χ0) is 13.8. The lowest BCUT2D eigenvalue weighted by atomic mass is 10.2. The number of hydrogen-bond donors (Lipinski definition) is 2. The molecule has 0 atom stereocenters. The lowest BCUT2D eigenvalue weighted by Crippen LogP contribution is -2.14. The summed E-state index contributed by atoms with van der Waals surface area (Å²) in [6, 6.07) is 10.1. The van der Waals surface area contributed by atoms with Gasteiger partial charge in [0.25, 0.3) is 5.91 Å². The molecule has 5 nitrogen and oxygen atoms in total. The van der Waals surface area contributed by atoms with E-state index < -0.39 is 5.97 Å². The van der Waals surface area contributed by atoms with Crippen LogP contribution in [-0.4, -0.2) is 22.0 Å². The van der Waals surface area contributed by atoms with Gasteiger partial charge in [-0.1, -0.05) is 18.2 Å². The minimum absolute atomic E-state index is 0.0486. The summed E-state index contributed by atoms with van der Waals surface area (Å²) in [6.07, 6.45) is 1.16. The fraction of sp³-hybridized carbons (Fsp3) is 0.0714. The van der Waals surface area contributed by atoms with Gasteiger partial charge in [-0.25, -0.2) is 4.79 Å². The van der Waals surface area contributed by atoms with Crippen molar-refractivity contribution in [2.24, 2.45) is 0 Å². The Morgan fingerprint density at radius 2 is 1.89 bits per heavy atom. The third kappa shape index (κ3) is 2.95. The number of benzene rings is 1. The average molecular weight is 256 g/mol. The van der Waals surface area contributed by atoms with E-state index in [0.29, 0.717) is 5.69 Å². The van der Waals surface area contributed by atoms with E-state index in [1.807, 2.05) is 25.1 Å². The summed E-state index contributed by atoms with van der Waals surface area (Å²) in [5.41, 5.74) is 1.87. The van der Waals surface area contributed by atoms with Crippen LogP contribution in [0.15, 0.2) is 42.6 Å². The van der Waals surface area contributed by atoms with Crippen molar-refractivity contribution in [2.45, 2.75) is 6.92 Å². The topological polar surface area (TPSA) is 79.3 Å². The molecule has 19 heavy (non-hydrogen) atoms. The fourth-order valence-electron chi connectivity index (χ4n) is 1.55. The number of anilines is 1. The van der Waals surface area contributed by atoms with Crippen LogP contribution in [-0.2, 0) is 0 Å². The van der Waals surface area contributed by atoms with E-state index in [1.165, 1.54) is 12.1 Å². The van der Waals surface area contributed by atoms with E-state index in [-0.39, 0.29) is 17.2 Å². The molecule has 96 valence electrons. The van der Waals surface area contributed by atoms with Crippen LogP contribution < -0.4 is 5.32 Å². The summed E-state index contributed by atoms with van der Waals surface area (Å²) in [6.45, 7) is 1.89. The number of para-hydroxylation sites is 1. The van der Waals surface area contributed by atoms with E-state index >= 15 is 0 Å². The van der Waals surface area contributed by atoms with Crippen molar-refractivity contribution in [3.63, 3.8) is 0 Å². The molecule has 1 heterocycles. The number of pyridine rings is 1. The molecule has 0 bridgehead atoms. The molecule has 2 aromatic rings. The van der Waals surface area contributed by atoms with Crippen LogP contribution in [0, 0.1) is 6.92 Å². The number of carboxylic acid groups (broad SMARTS) is 1. The number of aromatic nitrogens is 1. The fourth-order valence-corrected chi connectivity index (χ4v) is 1.55. The molecule has 0 saturated heterocycles. The summed E-state index contributed by atoms with van der Waals surface area (Å²) < 4.78 is 0. The molecule has 0 radical (unpaired) electrons. The molecule has 0 spiro atoms. The van der Waals surface area contributed by atoms with Crippen molar-refractivity contribution in [1.29, 1.82) is 0 Å². The van der Waals surface area contributed by atoms with Crippen molar-refractivity contribution in [1.82, 2.24) is 4.98 Å². The minimum Gasteiger partial charge on any atom is -0.478 e. The number of amides is 1. The number of carbonyl (C=O) groups is 2. The quantitative estimate of drug-likeness (QED) is 0.883. The second-order valence-corrected chi connectivity index (χ2v) is 4.01. The number of nitrogens with zero attached hydrogens (tertiary/aromatic N) is 1. The molecular formula is C14H12N2O3. The Kier molecular flexibility index (Phi) is 3.56. The summed E-state index contributed by atoms with van der Waals surface area (Å²) in [7, 11) is 0. The first-order valence-electron chi connectivity index (χ1n) is 5.64. The Morgan fingerprint density at radius 1 is 1.16 bits per heavy atom. The lowest BCUT2D eigenvalue weighted by molar-refractivity contribution is 0.0696. The molecule has 1 amide bonds. The summed E-state index contributed by atoms with van der Waals surface area (Å²) in [5.74, 6) is -1.44. The van der Waals surface area contributed by atoms with E-state index in [9.17, 15) is 9.59 Å². The first kappa shape index (κ1) is 12.8. The van der Waals surface area contributed by atoms with Gasteiger partial charge in [0.05, 0.1) is 5.56 Å². The smallest absolute Gasteiger partial charge is 0.337 e. The predicted molar refractivity (Wildman–Crippen MR) is 70.3 cm³/mol. The lowest BCUT2D eigenvalue weighted by Gasteiger charge is -2.07. The Balaban J connectivity index is 2.16. The first-order valence-corrected chi connectivity index (χ1v) is 5.64. The van der Waals surface area contributed by atoms with E-state index in [4.69, 9.17) is 5.11 Å². The Labute approximate surface area is 109 Å². The third-order valence-electron chi connectivity index (χ3n) is 2.64. The predicted octanol–water partition coefficient (Wildman–Crippen LogP) is 2.34. The van der Waals surface area contributed by atoms with Gasteiger partial charge in [-0.3, -0.25) is 9.78 Å². The van der Waals surface area contributed by atoms with E-state index in [2.05, 4.69) is 10.3 Å². The van der Waals surface area contributed by atoms with Gasteiger partial charge in [0, 0.05) is 11.9 Å². The molecule has 2 rings (SSSR count). The maximum Gasteiger partial charge on any atom is 0.337 e. The molecule has 0 fully saturated rings. The van der Waals surface area contributed by atoms with Crippen LogP contribution in [0.1, 0.15) is 26.4 Å². The van der Waals surface area contributed by atoms with Crippen molar-refractivity contribution >= 4 is 17.6 Å². The van der Waals surface area contributed by atoms with Gasteiger partial charge < -0.3 is 10.4 Å². The van der Waals surface area contributed by atoms with Gasteiger partial charge in [0.1, 0.15) is 5.69 Å². The number of carboxylic acids is 1. The normalized spacial score (nSPS) is 9.95. The highest BCUT2D eigenvalue weighted by Gasteiger charge is 2.10. The third-order valence-corrected chi connectivity index (χ3v) is 2.64. The zero-order valence-corrected chi connectivity index (χ0v) is 10.3. The summed E-state index contributed by atoms with van der Waals surface area (Å²) in [5, 5.41) is 11.5. The summed E-state index contributed by atoms with van der Waals surface area (Å²) >= 11 is 0. The second-order valence-electron chi connectivity index (χ2n) is 4.01. The van der Waals surface area contributed by atoms with Crippen LogP contribution in [0.5, 0.6) is 0 Å². The Hall–Kier alpha value is -2.69. The number of carbonyl (C=O) groups excluding carboxylic acids is 1. The molecule has 1 aromatic heterocycles. The average Bonchev–Trinajstić information content (AvgIpc) is 2.41. The minimum atomic E-state index is -1.07. The van der Waals surface area contributed by atoms with Gasteiger partial charge >= 0.3 is 5.97 Å². The number of hydrogen-bond acceptors (Lipinski definition) is 3. The van der Waals surface area contributed by atoms with Gasteiger partial charge in [-0.15, -0.1) is 0 Å². The van der Waals surface area contributed by atoms with Crippen LogP contribution in [0.4, 0.5) is 5.69 Å². The monoisotopic (exact) mass is 256 g/mol. The Bertz CT molecular complexity index is 621. The maximum atomic E-state index is 11.9. The molecule has 0 aliphatic rings. The standard InChI is InChI=1S/C14H12N2O3/c1-9-4-2-3-5-11(9)16-13(17)12-7-6-10(8-15-12)14(18)19/h2-8H,1H3,(H,16,17)(H,18,19). The number of aryl methyl sites for hydroxylation is 1. The highest BCUT2D eigenvalue weighted by Crippen LogP contribution is 2.14.